The highest BCUT2D eigenvalue weighted by Gasteiger charge is 2.28. The molecule has 0 radical (unpaired) electrons. The van der Waals surface area contributed by atoms with Crippen LogP contribution in [0, 0.1) is 5.92 Å². The molecule has 0 aromatic rings. The first-order chi connectivity index (χ1) is 7.68. The molecule has 2 saturated heterocycles. The monoisotopic (exact) mass is 226 g/mol. The van der Waals surface area contributed by atoms with Gasteiger partial charge in [0.05, 0.1) is 0 Å². The molecule has 1 atom stereocenters. The van der Waals surface area contributed by atoms with Crippen molar-refractivity contribution in [2.24, 2.45) is 5.92 Å². The minimum atomic E-state index is 0.328. The summed E-state index contributed by atoms with van der Waals surface area (Å²) >= 11 is 0. The Morgan fingerprint density at radius 1 is 1.38 bits per heavy atom. The van der Waals surface area contributed by atoms with Crippen molar-refractivity contribution in [1.82, 2.24) is 10.2 Å². The summed E-state index contributed by atoms with van der Waals surface area (Å²) in [5.74, 6) is 0.846. The molecule has 2 heterocycles. The molecule has 0 saturated carbocycles. The third-order valence-electron chi connectivity index (χ3n) is 4.14. The summed E-state index contributed by atoms with van der Waals surface area (Å²) in [7, 11) is 2.24. The second-order valence-electron chi connectivity index (χ2n) is 5.82. The van der Waals surface area contributed by atoms with E-state index in [9.17, 15) is 0 Å². The van der Waals surface area contributed by atoms with Crippen molar-refractivity contribution in [3.05, 3.63) is 0 Å². The number of hydrogen-bond donors (Lipinski definition) is 1. The van der Waals surface area contributed by atoms with Crippen LogP contribution in [-0.4, -0.2) is 50.3 Å². The topological polar surface area (TPSA) is 24.5 Å². The van der Waals surface area contributed by atoms with Crippen LogP contribution in [0.2, 0.25) is 0 Å². The molecule has 94 valence electrons. The molecule has 0 aromatic carbocycles. The fourth-order valence-corrected chi connectivity index (χ4v) is 2.83. The van der Waals surface area contributed by atoms with Gasteiger partial charge in [0.2, 0.25) is 0 Å². The van der Waals surface area contributed by atoms with E-state index in [2.05, 4.69) is 24.2 Å². The van der Waals surface area contributed by atoms with E-state index in [0.29, 0.717) is 5.54 Å². The zero-order valence-corrected chi connectivity index (χ0v) is 10.8. The molecular weight excluding hydrogens is 200 g/mol. The largest absolute Gasteiger partial charge is 0.381 e. The fraction of sp³-hybridized carbons (Fsp3) is 1.00. The Kier molecular flexibility index (Phi) is 4.22. The van der Waals surface area contributed by atoms with E-state index >= 15 is 0 Å². The second-order valence-corrected chi connectivity index (χ2v) is 5.82. The van der Waals surface area contributed by atoms with Gasteiger partial charge in [-0.3, -0.25) is 0 Å². The van der Waals surface area contributed by atoms with E-state index in [0.717, 1.165) is 32.0 Å². The molecule has 0 aliphatic carbocycles. The molecule has 2 aliphatic heterocycles. The Hall–Kier alpha value is -0.120. The molecule has 0 spiro atoms. The summed E-state index contributed by atoms with van der Waals surface area (Å²) in [6, 6.07) is 0. The van der Waals surface area contributed by atoms with Gasteiger partial charge in [0.1, 0.15) is 0 Å². The molecule has 0 amide bonds. The lowest BCUT2D eigenvalue weighted by Gasteiger charge is -2.37. The van der Waals surface area contributed by atoms with Gasteiger partial charge in [-0.25, -0.2) is 0 Å². The van der Waals surface area contributed by atoms with E-state index in [-0.39, 0.29) is 0 Å². The Balaban J connectivity index is 1.73. The lowest BCUT2D eigenvalue weighted by Crippen LogP contribution is -2.50. The molecule has 16 heavy (non-hydrogen) atoms. The van der Waals surface area contributed by atoms with Crippen LogP contribution in [0.5, 0.6) is 0 Å². The molecule has 2 aliphatic rings. The van der Waals surface area contributed by atoms with Crippen LogP contribution in [0.3, 0.4) is 0 Å². The first-order valence-electron chi connectivity index (χ1n) is 6.69. The van der Waals surface area contributed by atoms with Gasteiger partial charge in [0, 0.05) is 25.3 Å². The molecule has 2 fully saturated rings. The number of ether oxygens (including phenoxy) is 1. The number of likely N-dealkylation sites (tertiary alicyclic amines) is 1. The zero-order valence-electron chi connectivity index (χ0n) is 10.8. The summed E-state index contributed by atoms with van der Waals surface area (Å²) in [6.07, 6.45) is 5.08. The Morgan fingerprint density at radius 2 is 2.12 bits per heavy atom. The second kappa shape index (κ2) is 5.48. The number of nitrogens with zero attached hydrogens (tertiary/aromatic N) is 1. The van der Waals surface area contributed by atoms with E-state index in [4.69, 9.17) is 4.74 Å². The van der Waals surface area contributed by atoms with Crippen LogP contribution in [0.25, 0.3) is 0 Å². The standard InChI is InChI=1S/C13H26N2O/c1-13(5-8-16-9-6-13)14-10-12-4-3-7-15(2)11-12/h12,14H,3-11H2,1-2H3. The SMILES string of the molecule is CN1CCCC(CNC2(C)CCOCC2)C1. The van der Waals surface area contributed by atoms with E-state index < -0.39 is 0 Å². The van der Waals surface area contributed by atoms with Gasteiger partial charge in [0.25, 0.3) is 0 Å². The average molecular weight is 226 g/mol. The van der Waals surface area contributed by atoms with Gasteiger partial charge in [-0.2, -0.15) is 0 Å². The first-order valence-corrected chi connectivity index (χ1v) is 6.69. The van der Waals surface area contributed by atoms with Crippen molar-refractivity contribution in [3.63, 3.8) is 0 Å². The third-order valence-corrected chi connectivity index (χ3v) is 4.14. The molecular formula is C13H26N2O. The zero-order chi connectivity index (χ0) is 11.4. The highest BCUT2D eigenvalue weighted by molar-refractivity contribution is 4.86. The van der Waals surface area contributed by atoms with Crippen LogP contribution in [-0.2, 0) is 4.74 Å². The van der Waals surface area contributed by atoms with E-state index in [1.54, 1.807) is 0 Å². The molecule has 3 nitrogen and oxygen atoms in total. The maximum Gasteiger partial charge on any atom is 0.0483 e. The van der Waals surface area contributed by atoms with Crippen molar-refractivity contribution in [3.8, 4) is 0 Å². The number of rotatable bonds is 3. The highest BCUT2D eigenvalue weighted by atomic mass is 16.5. The van der Waals surface area contributed by atoms with Gasteiger partial charge in [0.15, 0.2) is 0 Å². The minimum Gasteiger partial charge on any atom is -0.381 e. The summed E-state index contributed by atoms with van der Waals surface area (Å²) in [6.45, 7) is 7.92. The van der Waals surface area contributed by atoms with Crippen molar-refractivity contribution in [2.45, 2.75) is 38.1 Å². The van der Waals surface area contributed by atoms with Crippen LogP contribution >= 0.6 is 0 Å². The molecule has 0 bridgehead atoms. The normalized spacial score (nSPS) is 31.5. The minimum absolute atomic E-state index is 0.328. The molecule has 0 aromatic heterocycles. The summed E-state index contributed by atoms with van der Waals surface area (Å²) < 4.78 is 5.43. The van der Waals surface area contributed by atoms with E-state index in [1.807, 2.05) is 0 Å². The smallest absolute Gasteiger partial charge is 0.0483 e. The van der Waals surface area contributed by atoms with Crippen molar-refractivity contribution in [2.75, 3.05) is 39.9 Å². The fourth-order valence-electron chi connectivity index (χ4n) is 2.83. The van der Waals surface area contributed by atoms with Gasteiger partial charge in [-0.15, -0.1) is 0 Å². The highest BCUT2D eigenvalue weighted by Crippen LogP contribution is 2.21. The van der Waals surface area contributed by atoms with Crippen molar-refractivity contribution < 1.29 is 4.74 Å². The van der Waals surface area contributed by atoms with Crippen LogP contribution in [0.15, 0.2) is 0 Å². The van der Waals surface area contributed by atoms with Gasteiger partial charge in [-0.1, -0.05) is 0 Å². The van der Waals surface area contributed by atoms with Crippen molar-refractivity contribution in [1.29, 1.82) is 0 Å². The predicted molar refractivity (Wildman–Crippen MR) is 66.7 cm³/mol. The molecule has 3 heteroatoms. The molecule has 1 unspecified atom stereocenters. The maximum atomic E-state index is 5.43. The molecule has 1 N–H and O–H groups in total. The van der Waals surface area contributed by atoms with Crippen molar-refractivity contribution >= 4 is 0 Å². The van der Waals surface area contributed by atoms with Crippen LogP contribution in [0.1, 0.15) is 32.6 Å². The first kappa shape index (κ1) is 12.3. The Labute approximate surface area is 99.5 Å². The summed E-state index contributed by atoms with van der Waals surface area (Å²) in [4.78, 5) is 2.46. The number of nitrogens with one attached hydrogen (secondary N) is 1. The predicted octanol–water partition coefficient (Wildman–Crippen LogP) is 1.49. The van der Waals surface area contributed by atoms with Gasteiger partial charge in [-0.05, 0) is 58.7 Å². The summed E-state index contributed by atoms with van der Waals surface area (Å²) in [5, 5.41) is 3.78. The quantitative estimate of drug-likeness (QED) is 0.789. The van der Waals surface area contributed by atoms with Gasteiger partial charge < -0.3 is 15.0 Å². The lowest BCUT2D eigenvalue weighted by molar-refractivity contribution is 0.0420. The van der Waals surface area contributed by atoms with Gasteiger partial charge >= 0.3 is 0 Å². The van der Waals surface area contributed by atoms with Crippen LogP contribution < -0.4 is 5.32 Å². The molecule has 2 rings (SSSR count). The number of piperidine rings is 1. The van der Waals surface area contributed by atoms with E-state index in [1.165, 1.54) is 32.5 Å². The summed E-state index contributed by atoms with van der Waals surface area (Å²) in [5.41, 5.74) is 0.328. The Bertz CT molecular complexity index is 214. The Morgan fingerprint density at radius 3 is 2.81 bits per heavy atom. The number of hydrogen-bond acceptors (Lipinski definition) is 3. The van der Waals surface area contributed by atoms with Crippen LogP contribution in [0.4, 0.5) is 0 Å². The third kappa shape index (κ3) is 3.44. The lowest BCUT2D eigenvalue weighted by atomic mass is 9.90. The average Bonchev–Trinajstić information content (AvgIpc) is 2.28. The maximum absolute atomic E-state index is 5.43.